The summed E-state index contributed by atoms with van der Waals surface area (Å²) in [6.07, 6.45) is 1.67. The highest BCUT2D eigenvalue weighted by atomic mass is 16.3. The van der Waals surface area contributed by atoms with Crippen molar-refractivity contribution in [2.24, 2.45) is 5.92 Å². The molecule has 4 nitrogen and oxygen atoms in total. The lowest BCUT2D eigenvalue weighted by atomic mass is 9.90. The Morgan fingerprint density at radius 2 is 1.91 bits per heavy atom. The van der Waals surface area contributed by atoms with Gasteiger partial charge in [0, 0.05) is 22.2 Å². The van der Waals surface area contributed by atoms with Gasteiger partial charge in [0.15, 0.2) is 5.78 Å². The van der Waals surface area contributed by atoms with Crippen LogP contribution in [0.25, 0.3) is 10.9 Å². The van der Waals surface area contributed by atoms with Crippen LogP contribution in [-0.4, -0.2) is 46.0 Å². The number of piperidine rings is 1. The molecule has 0 aliphatic carbocycles. The van der Waals surface area contributed by atoms with E-state index in [4.69, 9.17) is 0 Å². The Morgan fingerprint density at radius 1 is 1.26 bits per heavy atom. The average Bonchev–Trinajstić information content (AvgIpc) is 2.89. The van der Waals surface area contributed by atoms with Crippen LogP contribution in [0.4, 0.5) is 0 Å². The van der Waals surface area contributed by atoms with E-state index in [1.165, 1.54) is 0 Å². The first-order valence-electron chi connectivity index (χ1n) is 8.52. The number of hydrogen-bond acceptors (Lipinski definition) is 3. The zero-order chi connectivity index (χ0) is 16.6. The zero-order valence-corrected chi connectivity index (χ0v) is 14.2. The third-order valence-corrected chi connectivity index (χ3v) is 5.32. The minimum atomic E-state index is -0.251. The van der Waals surface area contributed by atoms with E-state index in [0.29, 0.717) is 5.92 Å². The number of Topliss-reactive ketones (excluding diaryl/α,β-unsaturated/α-hetero) is 1. The maximum atomic E-state index is 13.0. The first kappa shape index (κ1) is 16.2. The first-order chi connectivity index (χ1) is 11.0. The fourth-order valence-electron chi connectivity index (χ4n) is 3.76. The molecule has 2 atom stereocenters. The number of likely N-dealkylation sites (tertiary alicyclic amines) is 1. The number of hydrogen-bond donors (Lipinski definition) is 2. The van der Waals surface area contributed by atoms with E-state index in [-0.39, 0.29) is 17.9 Å². The van der Waals surface area contributed by atoms with Crippen LogP contribution in [0, 0.1) is 12.8 Å². The number of aromatic amines is 1. The van der Waals surface area contributed by atoms with Crippen LogP contribution < -0.4 is 0 Å². The Balaban J connectivity index is 1.78. The van der Waals surface area contributed by atoms with Gasteiger partial charge in [0.05, 0.1) is 12.1 Å². The standard InChI is InChI=1S/C19H26N2O2/c1-12-18(16-6-4-5-7-17(16)20-12)19(23)13(2)21-10-8-15(9-11-21)14(3)22/h4-7,13-15,20,22H,8-11H2,1-3H3. The van der Waals surface area contributed by atoms with Crippen molar-refractivity contribution in [1.29, 1.82) is 0 Å². The maximum Gasteiger partial charge on any atom is 0.182 e. The topological polar surface area (TPSA) is 56.3 Å². The molecule has 4 heteroatoms. The molecule has 1 aromatic carbocycles. The molecule has 2 N–H and O–H groups in total. The minimum absolute atomic E-state index is 0.122. The molecule has 1 aliphatic rings. The van der Waals surface area contributed by atoms with Crippen LogP contribution >= 0.6 is 0 Å². The molecule has 0 radical (unpaired) electrons. The SMILES string of the molecule is Cc1[nH]c2ccccc2c1C(=O)C(C)N1CCC(C(C)O)CC1. The van der Waals surface area contributed by atoms with E-state index in [2.05, 4.69) is 9.88 Å². The highest BCUT2D eigenvalue weighted by Gasteiger charge is 2.30. The van der Waals surface area contributed by atoms with Gasteiger partial charge in [-0.1, -0.05) is 18.2 Å². The highest BCUT2D eigenvalue weighted by molar-refractivity contribution is 6.11. The van der Waals surface area contributed by atoms with Gasteiger partial charge in [-0.25, -0.2) is 0 Å². The Labute approximate surface area is 137 Å². The summed E-state index contributed by atoms with van der Waals surface area (Å²) in [7, 11) is 0. The number of H-pyrrole nitrogens is 1. The first-order valence-corrected chi connectivity index (χ1v) is 8.52. The summed E-state index contributed by atoms with van der Waals surface area (Å²) in [5.74, 6) is 0.554. The molecular formula is C19H26N2O2. The smallest absolute Gasteiger partial charge is 0.182 e. The summed E-state index contributed by atoms with van der Waals surface area (Å²) in [4.78, 5) is 18.6. The second-order valence-electron chi connectivity index (χ2n) is 6.82. The third-order valence-electron chi connectivity index (χ3n) is 5.32. The molecule has 1 fully saturated rings. The van der Waals surface area contributed by atoms with Gasteiger partial charge >= 0.3 is 0 Å². The lowest BCUT2D eigenvalue weighted by Gasteiger charge is -2.36. The highest BCUT2D eigenvalue weighted by Crippen LogP contribution is 2.27. The van der Waals surface area contributed by atoms with Crippen molar-refractivity contribution < 1.29 is 9.90 Å². The van der Waals surface area contributed by atoms with Crippen molar-refractivity contribution in [2.75, 3.05) is 13.1 Å². The van der Waals surface area contributed by atoms with Crippen molar-refractivity contribution in [2.45, 2.75) is 45.8 Å². The lowest BCUT2D eigenvalue weighted by molar-refractivity contribution is 0.0527. The summed E-state index contributed by atoms with van der Waals surface area (Å²) in [6, 6.07) is 7.86. The number of para-hydroxylation sites is 1. The maximum absolute atomic E-state index is 13.0. The van der Waals surface area contributed by atoms with Crippen LogP contribution in [0.1, 0.15) is 42.7 Å². The van der Waals surface area contributed by atoms with E-state index >= 15 is 0 Å². The van der Waals surface area contributed by atoms with Crippen molar-refractivity contribution in [3.63, 3.8) is 0 Å². The molecule has 1 aromatic heterocycles. The lowest BCUT2D eigenvalue weighted by Crippen LogP contribution is -2.45. The van der Waals surface area contributed by atoms with E-state index in [1.807, 2.05) is 45.0 Å². The van der Waals surface area contributed by atoms with E-state index in [9.17, 15) is 9.90 Å². The van der Waals surface area contributed by atoms with Crippen LogP contribution in [0.15, 0.2) is 24.3 Å². The Kier molecular flexibility index (Phi) is 4.55. The number of aromatic nitrogens is 1. The second-order valence-corrected chi connectivity index (χ2v) is 6.82. The quantitative estimate of drug-likeness (QED) is 0.853. The van der Waals surface area contributed by atoms with Crippen LogP contribution in [-0.2, 0) is 0 Å². The van der Waals surface area contributed by atoms with E-state index in [1.54, 1.807) is 0 Å². The molecule has 0 spiro atoms. The molecule has 0 amide bonds. The van der Waals surface area contributed by atoms with Gasteiger partial charge in [-0.05, 0) is 58.7 Å². The fourth-order valence-corrected chi connectivity index (χ4v) is 3.76. The number of benzene rings is 1. The van der Waals surface area contributed by atoms with E-state index < -0.39 is 0 Å². The predicted molar refractivity (Wildman–Crippen MR) is 92.8 cm³/mol. The molecule has 2 unspecified atom stereocenters. The van der Waals surface area contributed by atoms with Gasteiger partial charge in [-0.3, -0.25) is 9.69 Å². The second kappa shape index (κ2) is 6.46. The number of ketones is 1. The third kappa shape index (κ3) is 3.06. The summed E-state index contributed by atoms with van der Waals surface area (Å²) in [5.41, 5.74) is 2.79. The molecule has 3 rings (SSSR count). The van der Waals surface area contributed by atoms with Gasteiger partial charge in [0.1, 0.15) is 0 Å². The molecule has 1 saturated heterocycles. The van der Waals surface area contributed by atoms with E-state index in [0.717, 1.165) is 48.1 Å². The number of rotatable bonds is 4. The Morgan fingerprint density at radius 3 is 2.57 bits per heavy atom. The molecule has 1 aliphatic heterocycles. The largest absolute Gasteiger partial charge is 0.393 e. The summed E-state index contributed by atoms with van der Waals surface area (Å²) in [6.45, 7) is 7.60. The Hall–Kier alpha value is -1.65. The number of aryl methyl sites for hydroxylation is 1. The number of nitrogens with one attached hydrogen (secondary N) is 1. The number of aliphatic hydroxyl groups is 1. The van der Waals surface area contributed by atoms with Crippen molar-refractivity contribution in [1.82, 2.24) is 9.88 Å². The van der Waals surface area contributed by atoms with Gasteiger partial charge in [-0.2, -0.15) is 0 Å². The van der Waals surface area contributed by atoms with Crippen LogP contribution in [0.5, 0.6) is 0 Å². The number of carbonyl (C=O) groups excluding carboxylic acids is 1. The van der Waals surface area contributed by atoms with Crippen molar-refractivity contribution in [3.8, 4) is 0 Å². The molecular weight excluding hydrogens is 288 g/mol. The van der Waals surface area contributed by atoms with Gasteiger partial charge in [0.2, 0.25) is 0 Å². The molecule has 0 bridgehead atoms. The fraction of sp³-hybridized carbons (Fsp3) is 0.526. The average molecular weight is 314 g/mol. The Bertz CT molecular complexity index is 696. The summed E-state index contributed by atoms with van der Waals surface area (Å²) >= 11 is 0. The summed E-state index contributed by atoms with van der Waals surface area (Å²) in [5, 5.41) is 10.7. The van der Waals surface area contributed by atoms with Gasteiger partial charge in [0.25, 0.3) is 0 Å². The number of aliphatic hydroxyl groups excluding tert-OH is 1. The van der Waals surface area contributed by atoms with Gasteiger partial charge in [-0.15, -0.1) is 0 Å². The van der Waals surface area contributed by atoms with Crippen molar-refractivity contribution >= 4 is 16.7 Å². The molecule has 0 saturated carbocycles. The van der Waals surface area contributed by atoms with Crippen LogP contribution in [0.2, 0.25) is 0 Å². The molecule has 124 valence electrons. The molecule has 2 aromatic rings. The predicted octanol–water partition coefficient (Wildman–Crippen LogP) is 3.14. The minimum Gasteiger partial charge on any atom is -0.393 e. The molecule has 2 heterocycles. The van der Waals surface area contributed by atoms with Gasteiger partial charge < -0.3 is 10.1 Å². The number of nitrogens with zero attached hydrogens (tertiary/aromatic N) is 1. The van der Waals surface area contributed by atoms with Crippen LogP contribution in [0.3, 0.4) is 0 Å². The zero-order valence-electron chi connectivity index (χ0n) is 14.2. The normalized spacial score (nSPS) is 19.8. The number of carbonyl (C=O) groups is 1. The number of fused-ring (bicyclic) bond motifs is 1. The van der Waals surface area contributed by atoms with Crippen molar-refractivity contribution in [3.05, 3.63) is 35.5 Å². The monoisotopic (exact) mass is 314 g/mol. The summed E-state index contributed by atoms with van der Waals surface area (Å²) < 4.78 is 0. The molecule has 23 heavy (non-hydrogen) atoms.